The average molecular weight is 318 g/mol. The highest BCUT2D eigenvalue weighted by Crippen LogP contribution is 2.20. The summed E-state index contributed by atoms with van der Waals surface area (Å²) in [7, 11) is 0. The largest absolute Gasteiger partial charge is 0.324 e. The van der Waals surface area contributed by atoms with Crippen LogP contribution in [0.5, 0.6) is 0 Å². The normalized spacial score (nSPS) is 10.9. The number of aryl methyl sites for hydroxylation is 2. The average Bonchev–Trinajstić information content (AvgIpc) is 2.98. The van der Waals surface area contributed by atoms with Crippen molar-refractivity contribution >= 4 is 17.4 Å². The predicted octanol–water partition coefficient (Wildman–Crippen LogP) is 2.34. The van der Waals surface area contributed by atoms with Crippen LogP contribution in [0.1, 0.15) is 11.5 Å². The SMILES string of the molecule is Cc1nc2nnc(-c3ccnc(Nc4ccccc4)n3)c(C)n2n1. The zero-order valence-electron chi connectivity index (χ0n) is 13.2. The van der Waals surface area contributed by atoms with Gasteiger partial charge in [-0.15, -0.1) is 15.3 Å². The summed E-state index contributed by atoms with van der Waals surface area (Å²) >= 11 is 0. The molecule has 118 valence electrons. The Bertz CT molecular complexity index is 1010. The summed E-state index contributed by atoms with van der Waals surface area (Å²) in [5, 5.41) is 15.9. The van der Waals surface area contributed by atoms with Gasteiger partial charge >= 0.3 is 0 Å². The summed E-state index contributed by atoms with van der Waals surface area (Å²) in [5.41, 5.74) is 3.05. The maximum Gasteiger partial charge on any atom is 0.272 e. The van der Waals surface area contributed by atoms with Gasteiger partial charge in [-0.05, 0) is 32.0 Å². The van der Waals surface area contributed by atoms with Crippen LogP contribution in [-0.4, -0.2) is 34.8 Å². The third-order valence-electron chi connectivity index (χ3n) is 3.52. The van der Waals surface area contributed by atoms with Gasteiger partial charge in [-0.25, -0.2) is 9.97 Å². The fourth-order valence-electron chi connectivity index (χ4n) is 2.40. The second-order valence-electron chi connectivity index (χ2n) is 5.26. The number of hydrogen-bond donors (Lipinski definition) is 1. The van der Waals surface area contributed by atoms with Gasteiger partial charge in [0, 0.05) is 11.9 Å². The van der Waals surface area contributed by atoms with E-state index < -0.39 is 0 Å². The molecule has 0 unspecified atom stereocenters. The van der Waals surface area contributed by atoms with E-state index in [0.29, 0.717) is 28.9 Å². The highest BCUT2D eigenvalue weighted by molar-refractivity contribution is 5.60. The molecule has 8 nitrogen and oxygen atoms in total. The van der Waals surface area contributed by atoms with Crippen molar-refractivity contribution in [2.75, 3.05) is 5.32 Å². The maximum atomic E-state index is 4.53. The van der Waals surface area contributed by atoms with Crippen molar-refractivity contribution in [1.29, 1.82) is 0 Å². The lowest BCUT2D eigenvalue weighted by Gasteiger charge is -2.07. The fraction of sp³-hybridized carbons (Fsp3) is 0.125. The van der Waals surface area contributed by atoms with E-state index in [1.807, 2.05) is 44.2 Å². The van der Waals surface area contributed by atoms with Gasteiger partial charge in [-0.2, -0.15) is 9.50 Å². The topological polar surface area (TPSA) is 93.8 Å². The van der Waals surface area contributed by atoms with Crippen molar-refractivity contribution in [3.63, 3.8) is 0 Å². The van der Waals surface area contributed by atoms with E-state index in [-0.39, 0.29) is 0 Å². The first kappa shape index (κ1) is 14.2. The Balaban J connectivity index is 1.74. The number of hydrogen-bond acceptors (Lipinski definition) is 7. The minimum Gasteiger partial charge on any atom is -0.324 e. The molecule has 0 radical (unpaired) electrons. The lowest BCUT2D eigenvalue weighted by Crippen LogP contribution is -2.05. The lowest BCUT2D eigenvalue weighted by atomic mass is 10.2. The highest BCUT2D eigenvalue weighted by Gasteiger charge is 2.13. The zero-order chi connectivity index (χ0) is 16.5. The Labute approximate surface area is 137 Å². The molecule has 3 heterocycles. The Hall–Kier alpha value is -3.42. The van der Waals surface area contributed by atoms with E-state index in [1.165, 1.54) is 0 Å². The predicted molar refractivity (Wildman–Crippen MR) is 88.8 cm³/mol. The second kappa shape index (κ2) is 5.65. The van der Waals surface area contributed by atoms with Gasteiger partial charge in [0.15, 0.2) is 0 Å². The summed E-state index contributed by atoms with van der Waals surface area (Å²) < 4.78 is 1.67. The molecule has 3 aromatic heterocycles. The number of nitrogens with one attached hydrogen (secondary N) is 1. The van der Waals surface area contributed by atoms with Crippen LogP contribution < -0.4 is 5.32 Å². The Kier molecular flexibility index (Phi) is 3.34. The molecule has 24 heavy (non-hydrogen) atoms. The smallest absolute Gasteiger partial charge is 0.272 e. The molecule has 0 aliphatic carbocycles. The minimum atomic E-state index is 0.477. The van der Waals surface area contributed by atoms with Gasteiger partial charge in [-0.3, -0.25) is 0 Å². The summed E-state index contributed by atoms with van der Waals surface area (Å²) in [6, 6.07) is 11.5. The molecule has 1 aromatic carbocycles. The summed E-state index contributed by atoms with van der Waals surface area (Å²) in [4.78, 5) is 13.0. The molecule has 0 spiro atoms. The molecule has 0 saturated heterocycles. The molecular weight excluding hydrogens is 304 g/mol. The summed E-state index contributed by atoms with van der Waals surface area (Å²) in [6.45, 7) is 3.73. The monoisotopic (exact) mass is 318 g/mol. The van der Waals surface area contributed by atoms with Gasteiger partial charge in [0.2, 0.25) is 5.95 Å². The van der Waals surface area contributed by atoms with Crippen LogP contribution in [0.25, 0.3) is 17.2 Å². The summed E-state index contributed by atoms with van der Waals surface area (Å²) in [5.74, 6) is 1.62. The van der Waals surface area contributed by atoms with E-state index in [9.17, 15) is 0 Å². The molecular formula is C16H14N8. The number of anilines is 2. The van der Waals surface area contributed by atoms with Crippen LogP contribution in [0.15, 0.2) is 42.6 Å². The number of aromatic nitrogens is 7. The van der Waals surface area contributed by atoms with Crippen LogP contribution in [-0.2, 0) is 0 Å². The number of nitrogens with zero attached hydrogens (tertiary/aromatic N) is 7. The molecule has 0 atom stereocenters. The number of benzene rings is 1. The van der Waals surface area contributed by atoms with Crippen molar-refractivity contribution in [2.45, 2.75) is 13.8 Å². The molecule has 0 aliphatic heterocycles. The lowest BCUT2D eigenvalue weighted by molar-refractivity contribution is 0.841. The van der Waals surface area contributed by atoms with E-state index in [4.69, 9.17) is 0 Å². The number of para-hydroxylation sites is 1. The van der Waals surface area contributed by atoms with Gasteiger partial charge in [0.1, 0.15) is 11.5 Å². The van der Waals surface area contributed by atoms with Crippen LogP contribution in [0.4, 0.5) is 11.6 Å². The van der Waals surface area contributed by atoms with Gasteiger partial charge in [0.25, 0.3) is 5.78 Å². The third-order valence-corrected chi connectivity index (χ3v) is 3.52. The third kappa shape index (κ3) is 2.54. The first-order chi connectivity index (χ1) is 11.7. The quantitative estimate of drug-likeness (QED) is 0.619. The van der Waals surface area contributed by atoms with Crippen molar-refractivity contribution in [3.05, 3.63) is 54.1 Å². The molecule has 0 aliphatic rings. The molecule has 4 aromatic rings. The number of rotatable bonds is 3. The van der Waals surface area contributed by atoms with E-state index in [1.54, 1.807) is 16.8 Å². The highest BCUT2D eigenvalue weighted by atomic mass is 15.4. The van der Waals surface area contributed by atoms with Crippen molar-refractivity contribution < 1.29 is 0 Å². The van der Waals surface area contributed by atoms with E-state index in [2.05, 4.69) is 35.6 Å². The van der Waals surface area contributed by atoms with Crippen LogP contribution in [0.2, 0.25) is 0 Å². The van der Waals surface area contributed by atoms with Crippen LogP contribution >= 0.6 is 0 Å². The molecule has 0 fully saturated rings. The summed E-state index contributed by atoms with van der Waals surface area (Å²) in [6.07, 6.45) is 1.69. The molecule has 0 amide bonds. The van der Waals surface area contributed by atoms with Gasteiger partial charge in [0.05, 0.1) is 11.4 Å². The molecule has 1 N–H and O–H groups in total. The molecule has 8 heteroatoms. The van der Waals surface area contributed by atoms with Crippen molar-refractivity contribution in [3.8, 4) is 11.4 Å². The van der Waals surface area contributed by atoms with Gasteiger partial charge < -0.3 is 5.32 Å². The Morgan fingerprint density at radius 2 is 1.79 bits per heavy atom. The van der Waals surface area contributed by atoms with Crippen molar-refractivity contribution in [1.82, 2.24) is 34.8 Å². The van der Waals surface area contributed by atoms with Crippen LogP contribution in [0.3, 0.4) is 0 Å². The standard InChI is InChI=1S/C16H14N8/c1-10-14(21-22-16-18-11(2)23-24(10)16)13-8-9-17-15(20-13)19-12-6-4-3-5-7-12/h3-9H,1-2H3,(H,17,19,20). The van der Waals surface area contributed by atoms with Crippen LogP contribution in [0, 0.1) is 13.8 Å². The first-order valence-electron chi connectivity index (χ1n) is 7.43. The molecule has 0 saturated carbocycles. The fourth-order valence-corrected chi connectivity index (χ4v) is 2.40. The maximum absolute atomic E-state index is 4.53. The second-order valence-corrected chi connectivity index (χ2v) is 5.26. The van der Waals surface area contributed by atoms with Gasteiger partial charge in [-0.1, -0.05) is 18.2 Å². The Morgan fingerprint density at radius 1 is 0.958 bits per heavy atom. The zero-order valence-corrected chi connectivity index (χ0v) is 13.2. The van der Waals surface area contributed by atoms with Crippen molar-refractivity contribution in [2.24, 2.45) is 0 Å². The molecule has 0 bridgehead atoms. The Morgan fingerprint density at radius 3 is 2.62 bits per heavy atom. The first-order valence-corrected chi connectivity index (χ1v) is 7.43. The minimum absolute atomic E-state index is 0.477. The molecule has 4 rings (SSSR count). The van der Waals surface area contributed by atoms with E-state index in [0.717, 1.165) is 11.4 Å². The number of fused-ring (bicyclic) bond motifs is 1. The van der Waals surface area contributed by atoms with E-state index >= 15 is 0 Å².